The summed E-state index contributed by atoms with van der Waals surface area (Å²) in [6.45, 7) is 9.06. The zero-order valence-electron chi connectivity index (χ0n) is 13.2. The highest BCUT2D eigenvalue weighted by Crippen LogP contribution is 2.41. The smallest absolute Gasteiger partial charge is 0.308 e. The van der Waals surface area contributed by atoms with E-state index in [1.807, 2.05) is 26.0 Å². The third-order valence-electron chi connectivity index (χ3n) is 3.62. The third kappa shape index (κ3) is 2.84. The zero-order valence-corrected chi connectivity index (χ0v) is 13.2. The summed E-state index contributed by atoms with van der Waals surface area (Å²) in [7, 11) is 0. The molecular formula is C17H21NO3. The summed E-state index contributed by atoms with van der Waals surface area (Å²) in [5, 5.41) is 0. The Hall–Kier alpha value is -2.10. The Kier molecular flexibility index (Phi) is 3.90. The maximum Gasteiger partial charge on any atom is 0.308 e. The van der Waals surface area contributed by atoms with Crippen molar-refractivity contribution in [1.29, 1.82) is 0 Å². The van der Waals surface area contributed by atoms with E-state index in [-0.39, 0.29) is 17.4 Å². The summed E-state index contributed by atoms with van der Waals surface area (Å²) in [4.78, 5) is 24.9. The van der Waals surface area contributed by atoms with Crippen molar-refractivity contribution >= 4 is 23.1 Å². The lowest BCUT2D eigenvalue weighted by Crippen LogP contribution is -2.48. The second kappa shape index (κ2) is 5.35. The van der Waals surface area contributed by atoms with Gasteiger partial charge in [-0.2, -0.15) is 0 Å². The minimum atomic E-state index is -0.368. The highest BCUT2D eigenvalue weighted by Gasteiger charge is 2.34. The van der Waals surface area contributed by atoms with Gasteiger partial charge in [-0.3, -0.25) is 9.59 Å². The minimum absolute atomic E-state index is 0.00658. The predicted molar refractivity (Wildman–Crippen MR) is 83.3 cm³/mol. The Labute approximate surface area is 125 Å². The van der Waals surface area contributed by atoms with Gasteiger partial charge in [0.1, 0.15) is 5.75 Å². The Morgan fingerprint density at radius 3 is 2.43 bits per heavy atom. The van der Waals surface area contributed by atoms with Crippen LogP contribution in [0.15, 0.2) is 24.3 Å². The summed E-state index contributed by atoms with van der Waals surface area (Å²) in [6, 6.07) is 5.40. The standard InChI is InChI=1S/C17H21NO3/c1-6-13-10-17(4,5)18(11(2)19)16-8-7-14(9-15(13)16)21-12(3)20/h7-10H,6H2,1-5H3. The molecule has 0 spiro atoms. The van der Waals surface area contributed by atoms with Crippen LogP contribution in [0.5, 0.6) is 5.75 Å². The minimum Gasteiger partial charge on any atom is -0.427 e. The highest BCUT2D eigenvalue weighted by molar-refractivity contribution is 5.99. The second-order valence-electron chi connectivity index (χ2n) is 5.80. The van der Waals surface area contributed by atoms with Crippen LogP contribution in [-0.2, 0) is 9.59 Å². The molecule has 1 aliphatic heterocycles. The van der Waals surface area contributed by atoms with Crippen LogP contribution >= 0.6 is 0 Å². The van der Waals surface area contributed by atoms with Crippen LogP contribution in [0.4, 0.5) is 5.69 Å². The molecule has 0 saturated heterocycles. The monoisotopic (exact) mass is 287 g/mol. The number of ether oxygens (including phenoxy) is 1. The number of nitrogens with zero attached hydrogens (tertiary/aromatic N) is 1. The van der Waals surface area contributed by atoms with Gasteiger partial charge >= 0.3 is 5.97 Å². The van der Waals surface area contributed by atoms with Crippen LogP contribution in [0.1, 0.15) is 46.6 Å². The van der Waals surface area contributed by atoms with E-state index in [1.54, 1.807) is 17.9 Å². The van der Waals surface area contributed by atoms with E-state index in [9.17, 15) is 9.59 Å². The van der Waals surface area contributed by atoms with Crippen molar-refractivity contribution in [3.05, 3.63) is 29.8 Å². The first-order chi connectivity index (χ1) is 9.76. The number of anilines is 1. The molecule has 0 bridgehead atoms. The molecule has 0 unspecified atom stereocenters. The molecule has 0 N–H and O–H groups in total. The van der Waals surface area contributed by atoms with E-state index in [0.29, 0.717) is 5.75 Å². The van der Waals surface area contributed by atoms with Crippen molar-refractivity contribution in [2.75, 3.05) is 4.90 Å². The van der Waals surface area contributed by atoms with Gasteiger partial charge in [-0.1, -0.05) is 13.0 Å². The molecule has 0 atom stereocenters. The highest BCUT2D eigenvalue weighted by atomic mass is 16.5. The van der Waals surface area contributed by atoms with Gasteiger partial charge in [0.2, 0.25) is 5.91 Å². The van der Waals surface area contributed by atoms with E-state index in [1.165, 1.54) is 6.92 Å². The Bertz CT molecular complexity index is 629. The first-order valence-corrected chi connectivity index (χ1v) is 7.11. The summed E-state index contributed by atoms with van der Waals surface area (Å²) >= 11 is 0. The number of rotatable bonds is 2. The first kappa shape index (κ1) is 15.3. The zero-order chi connectivity index (χ0) is 15.8. The number of carbonyl (C=O) groups excluding carboxylic acids is 2. The van der Waals surface area contributed by atoms with E-state index in [2.05, 4.69) is 13.0 Å². The molecule has 0 aromatic heterocycles. The fourth-order valence-electron chi connectivity index (χ4n) is 2.94. The van der Waals surface area contributed by atoms with E-state index < -0.39 is 0 Å². The number of hydrogen-bond donors (Lipinski definition) is 0. The number of hydrogen-bond acceptors (Lipinski definition) is 3. The fourth-order valence-corrected chi connectivity index (χ4v) is 2.94. The lowest BCUT2D eigenvalue weighted by Gasteiger charge is -2.41. The lowest BCUT2D eigenvalue weighted by atomic mass is 9.87. The molecule has 4 nitrogen and oxygen atoms in total. The molecule has 0 saturated carbocycles. The number of amides is 1. The maximum absolute atomic E-state index is 12.0. The van der Waals surface area contributed by atoms with Crippen LogP contribution in [0, 0.1) is 0 Å². The molecule has 1 amide bonds. The summed E-state index contributed by atoms with van der Waals surface area (Å²) < 4.78 is 5.15. The molecule has 1 heterocycles. The number of esters is 1. The van der Waals surface area contributed by atoms with Crippen LogP contribution in [0.3, 0.4) is 0 Å². The number of carbonyl (C=O) groups is 2. The van der Waals surface area contributed by atoms with E-state index in [4.69, 9.17) is 4.74 Å². The molecule has 4 heteroatoms. The first-order valence-electron chi connectivity index (χ1n) is 7.11. The average molecular weight is 287 g/mol. The van der Waals surface area contributed by atoms with Crippen LogP contribution < -0.4 is 9.64 Å². The molecule has 0 radical (unpaired) electrons. The van der Waals surface area contributed by atoms with Crippen LogP contribution in [-0.4, -0.2) is 17.4 Å². The summed E-state index contributed by atoms with van der Waals surface area (Å²) in [5.41, 5.74) is 2.60. The molecule has 1 aliphatic rings. The maximum atomic E-state index is 12.0. The largest absolute Gasteiger partial charge is 0.427 e. The molecule has 0 aliphatic carbocycles. The van der Waals surface area contributed by atoms with Gasteiger partial charge in [-0.25, -0.2) is 0 Å². The van der Waals surface area contributed by atoms with Crippen LogP contribution in [0.2, 0.25) is 0 Å². The molecule has 1 aromatic rings. The van der Waals surface area contributed by atoms with Gasteiger partial charge in [0.25, 0.3) is 0 Å². The van der Waals surface area contributed by atoms with Crippen molar-refractivity contribution in [2.24, 2.45) is 0 Å². The Morgan fingerprint density at radius 1 is 1.24 bits per heavy atom. The van der Waals surface area contributed by atoms with Gasteiger partial charge in [0, 0.05) is 19.4 Å². The molecular weight excluding hydrogens is 266 g/mol. The molecule has 112 valence electrons. The van der Waals surface area contributed by atoms with Gasteiger partial charge in [0.05, 0.1) is 11.2 Å². The van der Waals surface area contributed by atoms with Crippen molar-refractivity contribution in [3.63, 3.8) is 0 Å². The van der Waals surface area contributed by atoms with E-state index >= 15 is 0 Å². The van der Waals surface area contributed by atoms with Crippen molar-refractivity contribution < 1.29 is 14.3 Å². The quantitative estimate of drug-likeness (QED) is 0.617. The van der Waals surface area contributed by atoms with Crippen molar-refractivity contribution in [1.82, 2.24) is 0 Å². The summed E-state index contributed by atoms with van der Waals surface area (Å²) in [6.07, 6.45) is 2.96. The number of fused-ring (bicyclic) bond motifs is 1. The normalized spacial score (nSPS) is 16.0. The van der Waals surface area contributed by atoms with Gasteiger partial charge in [0.15, 0.2) is 0 Å². The molecule has 0 fully saturated rings. The van der Waals surface area contributed by atoms with Crippen molar-refractivity contribution in [3.8, 4) is 5.75 Å². The van der Waals surface area contributed by atoms with Crippen LogP contribution in [0.25, 0.3) is 5.57 Å². The van der Waals surface area contributed by atoms with E-state index in [0.717, 1.165) is 23.2 Å². The van der Waals surface area contributed by atoms with Gasteiger partial charge < -0.3 is 9.64 Å². The molecule has 1 aromatic carbocycles. The molecule has 21 heavy (non-hydrogen) atoms. The van der Waals surface area contributed by atoms with Crippen molar-refractivity contribution in [2.45, 2.75) is 46.6 Å². The lowest BCUT2D eigenvalue weighted by molar-refractivity contribution is -0.131. The average Bonchev–Trinajstić information content (AvgIpc) is 2.36. The Balaban J connectivity index is 2.60. The number of benzene rings is 1. The number of allylic oxidation sites excluding steroid dienone is 1. The third-order valence-corrected chi connectivity index (χ3v) is 3.62. The predicted octanol–water partition coefficient (Wildman–Crippen LogP) is 3.55. The SMILES string of the molecule is CCC1=CC(C)(C)N(C(C)=O)c2ccc(OC(C)=O)cc21. The van der Waals surface area contributed by atoms with Gasteiger partial charge in [-0.15, -0.1) is 0 Å². The Morgan fingerprint density at radius 2 is 1.90 bits per heavy atom. The topological polar surface area (TPSA) is 46.6 Å². The molecule has 2 rings (SSSR count). The second-order valence-corrected chi connectivity index (χ2v) is 5.80. The summed E-state index contributed by atoms with van der Waals surface area (Å²) in [5.74, 6) is 0.147. The van der Waals surface area contributed by atoms with Gasteiger partial charge in [-0.05, 0) is 44.0 Å². The fraction of sp³-hybridized carbons (Fsp3) is 0.412.